The molecule has 4 rings (SSSR count). The van der Waals surface area contributed by atoms with Crippen LogP contribution in [-0.2, 0) is 13.0 Å². The van der Waals surface area contributed by atoms with Gasteiger partial charge >= 0.3 is 0 Å². The van der Waals surface area contributed by atoms with E-state index in [4.69, 9.17) is 9.26 Å². The summed E-state index contributed by atoms with van der Waals surface area (Å²) in [6.45, 7) is 5.43. The third kappa shape index (κ3) is 3.17. The predicted octanol–water partition coefficient (Wildman–Crippen LogP) is 4.48. The number of rotatable bonds is 5. The van der Waals surface area contributed by atoms with Gasteiger partial charge in [-0.3, -0.25) is 0 Å². The number of nitrogens with zero attached hydrogens (tertiary/aromatic N) is 3. The molecule has 1 atom stereocenters. The Labute approximate surface area is 153 Å². The first-order valence-corrected chi connectivity index (χ1v) is 9.15. The van der Waals surface area contributed by atoms with Crippen molar-refractivity contribution in [3.05, 3.63) is 60.0 Å². The Morgan fingerprint density at radius 1 is 1.15 bits per heavy atom. The van der Waals surface area contributed by atoms with Crippen LogP contribution in [0.1, 0.15) is 31.7 Å². The van der Waals surface area contributed by atoms with E-state index < -0.39 is 0 Å². The molecule has 1 aromatic heterocycles. The minimum absolute atomic E-state index is 0.441. The zero-order valence-electron chi connectivity index (χ0n) is 15.2. The van der Waals surface area contributed by atoms with Crippen LogP contribution in [0.25, 0.3) is 11.4 Å². The number of ether oxygens (including phenoxy) is 1. The van der Waals surface area contributed by atoms with Gasteiger partial charge < -0.3 is 14.2 Å². The molecule has 0 N–H and O–H groups in total. The highest BCUT2D eigenvalue weighted by molar-refractivity contribution is 5.63. The second-order valence-corrected chi connectivity index (χ2v) is 6.59. The topological polar surface area (TPSA) is 51.4 Å². The maximum absolute atomic E-state index is 5.68. The molecule has 0 saturated carbocycles. The van der Waals surface area contributed by atoms with Crippen LogP contribution >= 0.6 is 0 Å². The van der Waals surface area contributed by atoms with E-state index >= 15 is 0 Å². The predicted molar refractivity (Wildman–Crippen MR) is 101 cm³/mol. The number of benzene rings is 2. The summed E-state index contributed by atoms with van der Waals surface area (Å²) in [4.78, 5) is 6.98. The summed E-state index contributed by atoms with van der Waals surface area (Å²) in [6.07, 6.45) is 2.25. The molecule has 2 aromatic carbocycles. The summed E-state index contributed by atoms with van der Waals surface area (Å²) in [7, 11) is 0. The van der Waals surface area contributed by atoms with Crippen molar-refractivity contribution in [3.8, 4) is 17.1 Å². The highest BCUT2D eigenvalue weighted by atomic mass is 16.5. The Morgan fingerprint density at radius 3 is 2.85 bits per heavy atom. The fourth-order valence-electron chi connectivity index (χ4n) is 3.51. The summed E-state index contributed by atoms with van der Waals surface area (Å²) in [5.74, 6) is 1.97. The Bertz CT molecular complexity index is 890. The smallest absolute Gasteiger partial charge is 0.246 e. The van der Waals surface area contributed by atoms with Gasteiger partial charge in [0.1, 0.15) is 5.75 Å². The van der Waals surface area contributed by atoms with Gasteiger partial charge in [-0.05, 0) is 50.5 Å². The van der Waals surface area contributed by atoms with E-state index in [1.165, 1.54) is 11.3 Å². The molecule has 0 saturated heterocycles. The molecule has 0 aliphatic carbocycles. The normalized spacial score (nSPS) is 16.4. The van der Waals surface area contributed by atoms with E-state index in [2.05, 4.69) is 46.2 Å². The Balaban J connectivity index is 1.60. The molecule has 1 aliphatic rings. The molecule has 0 amide bonds. The average Bonchev–Trinajstić information content (AvgIpc) is 3.13. The lowest BCUT2D eigenvalue weighted by Gasteiger charge is -2.36. The first kappa shape index (κ1) is 16.6. The summed E-state index contributed by atoms with van der Waals surface area (Å²) in [5.41, 5.74) is 3.50. The van der Waals surface area contributed by atoms with Crippen molar-refractivity contribution in [1.82, 2.24) is 10.1 Å². The first-order chi connectivity index (χ1) is 12.8. The van der Waals surface area contributed by atoms with Crippen molar-refractivity contribution in [1.29, 1.82) is 0 Å². The van der Waals surface area contributed by atoms with Gasteiger partial charge in [0.15, 0.2) is 0 Å². The third-order valence-corrected chi connectivity index (χ3v) is 4.87. The second kappa shape index (κ2) is 7.20. The molecule has 5 heteroatoms. The van der Waals surface area contributed by atoms with Crippen molar-refractivity contribution in [2.45, 2.75) is 39.3 Å². The van der Waals surface area contributed by atoms with E-state index in [9.17, 15) is 0 Å². The number of hydrogen-bond donors (Lipinski definition) is 0. The van der Waals surface area contributed by atoms with Gasteiger partial charge in [0.05, 0.1) is 18.7 Å². The summed E-state index contributed by atoms with van der Waals surface area (Å²) in [5, 5.41) is 4.18. The lowest BCUT2D eigenvalue weighted by atomic mass is 9.97. The molecule has 134 valence electrons. The quantitative estimate of drug-likeness (QED) is 0.680. The highest BCUT2D eigenvalue weighted by Crippen LogP contribution is 2.32. The molecular weight excluding hydrogens is 326 g/mol. The monoisotopic (exact) mass is 349 g/mol. The van der Waals surface area contributed by atoms with Crippen molar-refractivity contribution >= 4 is 5.69 Å². The minimum atomic E-state index is 0.441. The third-order valence-electron chi connectivity index (χ3n) is 4.87. The maximum Gasteiger partial charge on any atom is 0.246 e. The fourth-order valence-corrected chi connectivity index (χ4v) is 3.51. The van der Waals surface area contributed by atoms with E-state index in [0.29, 0.717) is 30.9 Å². The zero-order valence-corrected chi connectivity index (χ0v) is 15.2. The summed E-state index contributed by atoms with van der Waals surface area (Å²) in [6, 6.07) is 16.8. The largest absolute Gasteiger partial charge is 0.493 e. The van der Waals surface area contributed by atoms with E-state index in [1.54, 1.807) is 0 Å². The van der Waals surface area contributed by atoms with E-state index in [1.807, 2.05) is 31.2 Å². The van der Waals surface area contributed by atoms with Gasteiger partial charge in [-0.1, -0.05) is 35.5 Å². The number of fused-ring (bicyclic) bond motifs is 1. The van der Waals surface area contributed by atoms with Crippen LogP contribution in [0.3, 0.4) is 0 Å². The lowest BCUT2D eigenvalue weighted by molar-refractivity contribution is 0.340. The average molecular weight is 349 g/mol. The van der Waals surface area contributed by atoms with Gasteiger partial charge in [0.25, 0.3) is 0 Å². The van der Waals surface area contributed by atoms with E-state index in [-0.39, 0.29) is 0 Å². The summed E-state index contributed by atoms with van der Waals surface area (Å²) < 4.78 is 11.2. The van der Waals surface area contributed by atoms with Gasteiger partial charge in [-0.2, -0.15) is 4.98 Å². The molecule has 0 bridgehead atoms. The van der Waals surface area contributed by atoms with Crippen LogP contribution in [0.5, 0.6) is 5.75 Å². The number of aromatic nitrogens is 2. The van der Waals surface area contributed by atoms with Crippen LogP contribution in [0.4, 0.5) is 5.69 Å². The molecule has 1 aliphatic heterocycles. The standard InChI is InChI=1S/C21H23N3O2/c1-3-25-19-11-7-5-9-17(19)21-22-20(26-23-21)14-24-15(2)12-13-16-8-4-6-10-18(16)24/h4-11,15H,3,12-14H2,1-2H3. The molecule has 2 heterocycles. The first-order valence-electron chi connectivity index (χ1n) is 9.15. The fraction of sp³-hybridized carbons (Fsp3) is 0.333. The zero-order chi connectivity index (χ0) is 17.9. The molecule has 3 aromatic rings. The van der Waals surface area contributed by atoms with Gasteiger partial charge in [0.2, 0.25) is 11.7 Å². The van der Waals surface area contributed by atoms with Crippen molar-refractivity contribution < 1.29 is 9.26 Å². The van der Waals surface area contributed by atoms with Crippen LogP contribution in [0, 0.1) is 0 Å². The lowest BCUT2D eigenvalue weighted by Crippen LogP contribution is -2.36. The van der Waals surface area contributed by atoms with Crippen LogP contribution in [-0.4, -0.2) is 22.8 Å². The highest BCUT2D eigenvalue weighted by Gasteiger charge is 2.25. The SMILES string of the molecule is CCOc1ccccc1-c1noc(CN2c3ccccc3CCC2C)n1. The van der Waals surface area contributed by atoms with Crippen LogP contribution in [0.15, 0.2) is 53.1 Å². The number of hydrogen-bond acceptors (Lipinski definition) is 5. The number of aryl methyl sites for hydroxylation is 1. The minimum Gasteiger partial charge on any atom is -0.493 e. The van der Waals surface area contributed by atoms with Gasteiger partial charge in [0, 0.05) is 11.7 Å². The molecule has 0 spiro atoms. The Hall–Kier alpha value is -2.82. The number of para-hydroxylation sites is 2. The van der Waals surface area contributed by atoms with Crippen molar-refractivity contribution in [2.75, 3.05) is 11.5 Å². The van der Waals surface area contributed by atoms with Gasteiger partial charge in [-0.15, -0.1) is 0 Å². The molecule has 5 nitrogen and oxygen atoms in total. The molecule has 0 fully saturated rings. The molecular formula is C21H23N3O2. The van der Waals surface area contributed by atoms with Crippen molar-refractivity contribution in [2.24, 2.45) is 0 Å². The summed E-state index contributed by atoms with van der Waals surface area (Å²) >= 11 is 0. The van der Waals surface area contributed by atoms with Crippen molar-refractivity contribution in [3.63, 3.8) is 0 Å². The number of anilines is 1. The van der Waals surface area contributed by atoms with E-state index in [0.717, 1.165) is 24.2 Å². The van der Waals surface area contributed by atoms with Crippen LogP contribution in [0.2, 0.25) is 0 Å². The van der Waals surface area contributed by atoms with Gasteiger partial charge in [-0.25, -0.2) is 0 Å². The maximum atomic E-state index is 5.68. The molecule has 1 unspecified atom stereocenters. The van der Waals surface area contributed by atoms with Crippen LogP contribution < -0.4 is 9.64 Å². The molecule has 0 radical (unpaired) electrons. The Morgan fingerprint density at radius 2 is 1.96 bits per heavy atom. The second-order valence-electron chi connectivity index (χ2n) is 6.59. The molecule has 26 heavy (non-hydrogen) atoms. The Kier molecular flexibility index (Phi) is 4.61.